The van der Waals surface area contributed by atoms with Crippen molar-refractivity contribution >= 4 is 35.5 Å². The van der Waals surface area contributed by atoms with E-state index in [1.807, 2.05) is 24.3 Å². The van der Waals surface area contributed by atoms with Gasteiger partial charge in [0.25, 0.3) is 0 Å². The van der Waals surface area contributed by atoms with Gasteiger partial charge >= 0.3 is 5.91 Å². The van der Waals surface area contributed by atoms with Crippen LogP contribution in [0.5, 0.6) is 17.2 Å². The van der Waals surface area contributed by atoms with E-state index >= 15 is 0 Å². The van der Waals surface area contributed by atoms with Crippen molar-refractivity contribution in [3.63, 3.8) is 0 Å². The number of hydrogen-bond acceptors (Lipinski definition) is 7. The highest BCUT2D eigenvalue weighted by atomic mass is 35.5. The third kappa shape index (κ3) is 5.96. The topological polar surface area (TPSA) is 82.3 Å². The van der Waals surface area contributed by atoms with Crippen LogP contribution < -0.4 is 19.6 Å². The summed E-state index contributed by atoms with van der Waals surface area (Å²) in [6.07, 6.45) is 1.47. The second kappa shape index (κ2) is 10.8. The number of amides is 1. The summed E-state index contributed by atoms with van der Waals surface area (Å²) in [5.41, 5.74) is 3.11. The van der Waals surface area contributed by atoms with E-state index in [9.17, 15) is 4.79 Å². The fourth-order valence-electron chi connectivity index (χ4n) is 2.66. The van der Waals surface area contributed by atoms with Gasteiger partial charge in [-0.3, -0.25) is 4.79 Å². The third-order valence-electron chi connectivity index (χ3n) is 4.15. The molecule has 7 nitrogen and oxygen atoms in total. The summed E-state index contributed by atoms with van der Waals surface area (Å²) in [6, 6.07) is 14.3. The molecule has 0 aliphatic carbocycles. The molecule has 1 amide bonds. The van der Waals surface area contributed by atoms with E-state index in [0.29, 0.717) is 39.3 Å². The molecule has 0 saturated heterocycles. The number of nitrogens with zero attached hydrogens (tertiary/aromatic N) is 1. The van der Waals surface area contributed by atoms with Gasteiger partial charge in [-0.15, -0.1) is 11.8 Å². The minimum atomic E-state index is -0.452. The standard InChI is InChI=1S/C22H21ClN2O5S/c1-27-19-10-14(11-20(28-2)21(19)29-3)12-24-25-22(26)18-9-6-16(30-18)13-31-17-7-4-15(23)5-8-17/h4-12H,13H2,1-3H3,(H,25,26). The Bertz CT molecular complexity index is 1040. The average Bonchev–Trinajstić information content (AvgIpc) is 3.27. The predicted octanol–water partition coefficient (Wildman–Crippen LogP) is 5.02. The molecule has 1 aromatic heterocycles. The van der Waals surface area contributed by atoms with Crippen LogP contribution in [0, 0.1) is 0 Å². The van der Waals surface area contributed by atoms with Gasteiger partial charge in [0.2, 0.25) is 5.75 Å². The average molecular weight is 461 g/mol. The van der Waals surface area contributed by atoms with E-state index in [1.54, 1.807) is 36.0 Å². The second-order valence-corrected chi connectivity index (χ2v) is 7.65. The van der Waals surface area contributed by atoms with E-state index in [4.69, 9.17) is 30.2 Å². The molecule has 0 fully saturated rings. The number of nitrogens with one attached hydrogen (secondary N) is 1. The lowest BCUT2D eigenvalue weighted by Gasteiger charge is -2.12. The highest BCUT2D eigenvalue weighted by Crippen LogP contribution is 2.37. The zero-order valence-corrected chi connectivity index (χ0v) is 18.8. The van der Waals surface area contributed by atoms with E-state index < -0.39 is 5.91 Å². The Hall–Kier alpha value is -3.10. The lowest BCUT2D eigenvalue weighted by Crippen LogP contribution is -2.16. The minimum Gasteiger partial charge on any atom is -0.493 e. The largest absolute Gasteiger partial charge is 0.493 e. The Morgan fingerprint density at radius 3 is 2.35 bits per heavy atom. The zero-order chi connectivity index (χ0) is 22.2. The van der Waals surface area contributed by atoms with Crippen LogP contribution in [-0.4, -0.2) is 33.5 Å². The fraction of sp³-hybridized carbons (Fsp3) is 0.182. The van der Waals surface area contributed by atoms with E-state index in [2.05, 4.69) is 10.5 Å². The summed E-state index contributed by atoms with van der Waals surface area (Å²) in [6.45, 7) is 0. The van der Waals surface area contributed by atoms with Gasteiger partial charge in [0.05, 0.1) is 33.3 Å². The predicted molar refractivity (Wildman–Crippen MR) is 121 cm³/mol. The lowest BCUT2D eigenvalue weighted by atomic mass is 10.2. The number of methoxy groups -OCH3 is 3. The summed E-state index contributed by atoms with van der Waals surface area (Å²) < 4.78 is 21.5. The number of ether oxygens (including phenoxy) is 3. The maximum Gasteiger partial charge on any atom is 0.307 e. The van der Waals surface area contributed by atoms with Crippen LogP contribution in [-0.2, 0) is 5.75 Å². The Morgan fingerprint density at radius 2 is 1.74 bits per heavy atom. The second-order valence-electron chi connectivity index (χ2n) is 6.17. The van der Waals surface area contributed by atoms with Crippen molar-refractivity contribution in [2.45, 2.75) is 10.6 Å². The van der Waals surface area contributed by atoms with Crippen molar-refractivity contribution in [2.24, 2.45) is 5.10 Å². The Labute approximate surface area is 189 Å². The maximum atomic E-state index is 12.3. The smallest absolute Gasteiger partial charge is 0.307 e. The molecule has 3 rings (SSSR count). The Morgan fingerprint density at radius 1 is 1.06 bits per heavy atom. The third-order valence-corrected chi connectivity index (χ3v) is 5.43. The van der Waals surface area contributed by atoms with Gasteiger partial charge in [0.15, 0.2) is 17.3 Å². The first kappa shape index (κ1) is 22.6. The summed E-state index contributed by atoms with van der Waals surface area (Å²) in [4.78, 5) is 13.4. The molecule has 0 unspecified atom stereocenters. The van der Waals surface area contributed by atoms with Gasteiger partial charge in [-0.2, -0.15) is 5.10 Å². The zero-order valence-electron chi connectivity index (χ0n) is 17.2. The number of carbonyl (C=O) groups excluding carboxylic acids is 1. The van der Waals surface area contributed by atoms with Crippen LogP contribution in [0.4, 0.5) is 0 Å². The quantitative estimate of drug-likeness (QED) is 0.274. The molecule has 1 N–H and O–H groups in total. The molecule has 0 bridgehead atoms. The van der Waals surface area contributed by atoms with Crippen molar-refractivity contribution < 1.29 is 23.4 Å². The van der Waals surface area contributed by atoms with Gasteiger partial charge < -0.3 is 18.6 Å². The van der Waals surface area contributed by atoms with Gasteiger partial charge in [-0.25, -0.2) is 5.43 Å². The molecule has 0 radical (unpaired) electrons. The van der Waals surface area contributed by atoms with Gasteiger partial charge in [-0.1, -0.05) is 11.6 Å². The minimum absolute atomic E-state index is 0.175. The molecule has 9 heteroatoms. The number of halogens is 1. The Balaban J connectivity index is 1.59. The number of hydrazone groups is 1. The van der Waals surface area contributed by atoms with Crippen molar-refractivity contribution in [3.05, 3.63) is 70.6 Å². The highest BCUT2D eigenvalue weighted by molar-refractivity contribution is 7.98. The first-order chi connectivity index (χ1) is 15.0. The molecule has 0 spiro atoms. The van der Waals surface area contributed by atoms with Gasteiger partial charge in [0, 0.05) is 15.5 Å². The normalized spacial score (nSPS) is 10.8. The van der Waals surface area contributed by atoms with Crippen molar-refractivity contribution in [2.75, 3.05) is 21.3 Å². The first-order valence-electron chi connectivity index (χ1n) is 9.14. The number of thioether (sulfide) groups is 1. The summed E-state index contributed by atoms with van der Waals surface area (Å²) in [5, 5.41) is 4.67. The SMILES string of the molecule is COc1cc(C=NNC(=O)c2ccc(CSc3ccc(Cl)cc3)o2)cc(OC)c1OC. The molecule has 0 aliphatic rings. The number of rotatable bonds is 9. The molecule has 31 heavy (non-hydrogen) atoms. The molecule has 0 aliphatic heterocycles. The van der Waals surface area contributed by atoms with Crippen molar-refractivity contribution in [1.82, 2.24) is 5.43 Å². The van der Waals surface area contributed by atoms with Gasteiger partial charge in [-0.05, 0) is 48.5 Å². The Kier molecular flexibility index (Phi) is 7.86. The number of carbonyl (C=O) groups is 1. The first-order valence-corrected chi connectivity index (χ1v) is 10.5. The molecule has 3 aromatic rings. The van der Waals surface area contributed by atoms with Crippen LogP contribution >= 0.6 is 23.4 Å². The van der Waals surface area contributed by atoms with Crippen LogP contribution in [0.2, 0.25) is 5.02 Å². The van der Waals surface area contributed by atoms with Crippen molar-refractivity contribution in [1.29, 1.82) is 0 Å². The molecule has 1 heterocycles. The van der Waals surface area contributed by atoms with Gasteiger partial charge in [0.1, 0.15) is 5.76 Å². The number of furan rings is 1. The highest BCUT2D eigenvalue weighted by Gasteiger charge is 2.13. The molecular formula is C22H21ClN2O5S. The van der Waals surface area contributed by atoms with E-state index in [0.717, 1.165) is 4.90 Å². The van der Waals surface area contributed by atoms with Crippen LogP contribution in [0.15, 0.2) is 62.9 Å². The molecular weight excluding hydrogens is 440 g/mol. The number of benzene rings is 2. The van der Waals surface area contributed by atoms with Crippen LogP contribution in [0.25, 0.3) is 0 Å². The monoisotopic (exact) mass is 460 g/mol. The van der Waals surface area contributed by atoms with E-state index in [1.165, 1.54) is 27.5 Å². The molecule has 0 atom stereocenters. The summed E-state index contributed by atoms with van der Waals surface area (Å²) >= 11 is 7.47. The fourth-order valence-corrected chi connectivity index (χ4v) is 3.58. The van der Waals surface area contributed by atoms with Crippen LogP contribution in [0.1, 0.15) is 21.9 Å². The number of hydrogen-bond donors (Lipinski definition) is 1. The molecule has 0 saturated carbocycles. The lowest BCUT2D eigenvalue weighted by molar-refractivity contribution is 0.0926. The maximum absolute atomic E-state index is 12.3. The molecule has 162 valence electrons. The molecule has 2 aromatic carbocycles. The van der Waals surface area contributed by atoms with Crippen molar-refractivity contribution in [3.8, 4) is 17.2 Å². The van der Waals surface area contributed by atoms with Crippen LogP contribution in [0.3, 0.4) is 0 Å². The summed E-state index contributed by atoms with van der Waals surface area (Å²) in [7, 11) is 4.58. The summed E-state index contributed by atoms with van der Waals surface area (Å²) in [5.74, 6) is 2.44. The van der Waals surface area contributed by atoms with E-state index in [-0.39, 0.29) is 5.76 Å².